The second kappa shape index (κ2) is 9.46. The molecule has 0 aromatic heterocycles. The Morgan fingerprint density at radius 1 is 1.05 bits per heavy atom. The van der Waals surface area contributed by atoms with Crippen LogP contribution < -0.4 is 0 Å². The van der Waals surface area contributed by atoms with Crippen LogP contribution >= 0.6 is 0 Å². The SMILES string of the molecule is CCCCCCCCOC1CC(C(C)(C)C)CCC1C#N. The van der Waals surface area contributed by atoms with E-state index in [1.807, 2.05) is 0 Å². The lowest BCUT2D eigenvalue weighted by atomic mass is 9.69. The zero-order valence-electron chi connectivity index (χ0n) is 14.7. The van der Waals surface area contributed by atoms with E-state index in [9.17, 15) is 5.26 Å². The largest absolute Gasteiger partial charge is 0.377 e. The number of rotatable bonds is 8. The molecule has 3 unspecified atom stereocenters. The highest BCUT2D eigenvalue weighted by molar-refractivity contribution is 4.95. The van der Waals surface area contributed by atoms with E-state index in [1.165, 1.54) is 38.5 Å². The molecule has 1 aliphatic rings. The number of unbranched alkanes of at least 4 members (excludes halogenated alkanes) is 5. The topological polar surface area (TPSA) is 33.0 Å². The van der Waals surface area contributed by atoms with Crippen LogP contribution in [0.25, 0.3) is 0 Å². The smallest absolute Gasteiger partial charge is 0.0736 e. The fraction of sp³-hybridized carbons (Fsp3) is 0.947. The Hall–Kier alpha value is -0.550. The van der Waals surface area contributed by atoms with E-state index in [4.69, 9.17) is 4.74 Å². The van der Waals surface area contributed by atoms with Gasteiger partial charge in [-0.15, -0.1) is 0 Å². The lowest BCUT2D eigenvalue weighted by Gasteiger charge is -2.39. The zero-order chi connectivity index (χ0) is 15.7. The summed E-state index contributed by atoms with van der Waals surface area (Å²) < 4.78 is 6.10. The summed E-state index contributed by atoms with van der Waals surface area (Å²) in [4.78, 5) is 0. The van der Waals surface area contributed by atoms with Crippen LogP contribution in [0.3, 0.4) is 0 Å². The van der Waals surface area contributed by atoms with E-state index >= 15 is 0 Å². The van der Waals surface area contributed by atoms with Crippen LogP contribution in [0.15, 0.2) is 0 Å². The molecule has 0 N–H and O–H groups in total. The van der Waals surface area contributed by atoms with Crippen LogP contribution in [-0.2, 0) is 4.74 Å². The van der Waals surface area contributed by atoms with Gasteiger partial charge < -0.3 is 4.74 Å². The summed E-state index contributed by atoms with van der Waals surface area (Å²) in [7, 11) is 0. The first-order valence-corrected chi connectivity index (χ1v) is 9.00. The monoisotopic (exact) mass is 293 g/mol. The van der Waals surface area contributed by atoms with Crippen LogP contribution in [0.1, 0.15) is 85.5 Å². The fourth-order valence-electron chi connectivity index (χ4n) is 3.36. The van der Waals surface area contributed by atoms with Crippen LogP contribution in [-0.4, -0.2) is 12.7 Å². The molecular weight excluding hydrogens is 258 g/mol. The molecule has 3 atom stereocenters. The maximum absolute atomic E-state index is 9.32. The van der Waals surface area contributed by atoms with Crippen molar-refractivity contribution in [2.45, 2.75) is 91.6 Å². The molecule has 1 rings (SSSR count). The Labute approximate surface area is 132 Å². The molecule has 1 fully saturated rings. The Kier molecular flexibility index (Phi) is 8.34. The summed E-state index contributed by atoms with van der Waals surface area (Å²) in [6.45, 7) is 10.0. The number of hydrogen-bond donors (Lipinski definition) is 0. The molecule has 0 radical (unpaired) electrons. The quantitative estimate of drug-likeness (QED) is 0.536. The van der Waals surface area contributed by atoms with Gasteiger partial charge in [0, 0.05) is 6.61 Å². The van der Waals surface area contributed by atoms with Crippen molar-refractivity contribution in [2.75, 3.05) is 6.61 Å². The van der Waals surface area contributed by atoms with Gasteiger partial charge in [-0.05, 0) is 37.0 Å². The summed E-state index contributed by atoms with van der Waals surface area (Å²) in [5.41, 5.74) is 0.336. The van der Waals surface area contributed by atoms with Gasteiger partial charge in [0.1, 0.15) is 0 Å². The van der Waals surface area contributed by atoms with Gasteiger partial charge in [-0.3, -0.25) is 0 Å². The number of hydrogen-bond acceptors (Lipinski definition) is 2. The normalized spacial score (nSPS) is 26.5. The predicted octanol–water partition coefficient (Wildman–Crippen LogP) is 5.72. The first-order chi connectivity index (χ1) is 9.99. The Balaban J connectivity index is 2.28. The van der Waals surface area contributed by atoms with E-state index in [2.05, 4.69) is 33.8 Å². The molecule has 0 spiro atoms. The van der Waals surface area contributed by atoms with E-state index in [1.54, 1.807) is 0 Å². The molecule has 0 aliphatic heterocycles. The van der Waals surface area contributed by atoms with E-state index in [0.29, 0.717) is 11.3 Å². The highest BCUT2D eigenvalue weighted by Crippen LogP contribution is 2.40. The molecule has 122 valence electrons. The lowest BCUT2D eigenvalue weighted by Crippen LogP contribution is -2.36. The maximum atomic E-state index is 9.32. The Bertz CT molecular complexity index is 313. The van der Waals surface area contributed by atoms with Gasteiger partial charge in [0.25, 0.3) is 0 Å². The molecule has 1 saturated carbocycles. The van der Waals surface area contributed by atoms with Crippen molar-refractivity contribution in [1.82, 2.24) is 0 Å². The van der Waals surface area contributed by atoms with Crippen LogP contribution in [0.2, 0.25) is 0 Å². The molecule has 2 heteroatoms. The summed E-state index contributed by atoms with van der Waals surface area (Å²) in [5.74, 6) is 0.806. The van der Waals surface area contributed by atoms with Crippen molar-refractivity contribution in [2.24, 2.45) is 17.3 Å². The molecule has 0 bridgehead atoms. The molecule has 2 nitrogen and oxygen atoms in total. The highest BCUT2D eigenvalue weighted by atomic mass is 16.5. The van der Waals surface area contributed by atoms with Crippen LogP contribution in [0.5, 0.6) is 0 Å². The summed E-state index contributed by atoms with van der Waals surface area (Å²) >= 11 is 0. The summed E-state index contributed by atoms with van der Waals surface area (Å²) in [6.07, 6.45) is 11.2. The second-order valence-electron chi connectivity index (χ2n) is 7.79. The zero-order valence-corrected chi connectivity index (χ0v) is 14.7. The first-order valence-electron chi connectivity index (χ1n) is 9.00. The third kappa shape index (κ3) is 6.83. The molecule has 0 aromatic rings. The lowest BCUT2D eigenvalue weighted by molar-refractivity contribution is -0.0290. The van der Waals surface area contributed by atoms with Gasteiger partial charge in [-0.1, -0.05) is 59.8 Å². The average molecular weight is 293 g/mol. The Morgan fingerprint density at radius 3 is 2.33 bits per heavy atom. The minimum absolute atomic E-state index is 0.115. The van der Waals surface area contributed by atoms with E-state index < -0.39 is 0 Å². The number of nitrogens with zero attached hydrogens (tertiary/aromatic N) is 1. The molecule has 0 heterocycles. The predicted molar refractivity (Wildman–Crippen MR) is 89.0 cm³/mol. The van der Waals surface area contributed by atoms with Crippen molar-refractivity contribution < 1.29 is 4.74 Å². The summed E-state index contributed by atoms with van der Waals surface area (Å²) in [5, 5.41) is 9.32. The van der Waals surface area contributed by atoms with Crippen molar-refractivity contribution in [3.05, 3.63) is 0 Å². The van der Waals surface area contributed by atoms with E-state index in [-0.39, 0.29) is 12.0 Å². The third-order valence-electron chi connectivity index (χ3n) is 5.01. The number of ether oxygens (including phenoxy) is 1. The molecule has 21 heavy (non-hydrogen) atoms. The molecule has 0 saturated heterocycles. The van der Waals surface area contributed by atoms with Gasteiger partial charge >= 0.3 is 0 Å². The van der Waals surface area contributed by atoms with Crippen molar-refractivity contribution in [1.29, 1.82) is 5.26 Å². The van der Waals surface area contributed by atoms with Gasteiger partial charge in [0.2, 0.25) is 0 Å². The van der Waals surface area contributed by atoms with Gasteiger partial charge in [-0.25, -0.2) is 0 Å². The standard InChI is InChI=1S/C19H35NO/c1-5-6-7-8-9-10-13-21-18-14-17(19(2,3)4)12-11-16(18)15-20/h16-18H,5-14H2,1-4H3. The second-order valence-corrected chi connectivity index (χ2v) is 7.79. The number of nitriles is 1. The third-order valence-corrected chi connectivity index (χ3v) is 5.01. The van der Waals surface area contributed by atoms with Gasteiger partial charge in [0.15, 0.2) is 0 Å². The summed E-state index contributed by atoms with van der Waals surface area (Å²) in [6, 6.07) is 2.47. The molecule has 0 amide bonds. The average Bonchev–Trinajstić information content (AvgIpc) is 2.45. The van der Waals surface area contributed by atoms with Crippen LogP contribution in [0.4, 0.5) is 0 Å². The van der Waals surface area contributed by atoms with Crippen molar-refractivity contribution in [3.63, 3.8) is 0 Å². The maximum Gasteiger partial charge on any atom is 0.0736 e. The molecular formula is C19H35NO. The van der Waals surface area contributed by atoms with E-state index in [0.717, 1.165) is 25.9 Å². The minimum Gasteiger partial charge on any atom is -0.377 e. The minimum atomic E-state index is 0.115. The highest BCUT2D eigenvalue weighted by Gasteiger charge is 2.36. The van der Waals surface area contributed by atoms with Crippen LogP contribution in [0, 0.1) is 28.6 Å². The van der Waals surface area contributed by atoms with Crippen molar-refractivity contribution >= 4 is 0 Å². The van der Waals surface area contributed by atoms with Gasteiger partial charge in [0.05, 0.1) is 18.1 Å². The molecule has 1 aliphatic carbocycles. The fourth-order valence-corrected chi connectivity index (χ4v) is 3.36. The molecule has 0 aromatic carbocycles. The van der Waals surface area contributed by atoms with Gasteiger partial charge in [-0.2, -0.15) is 5.26 Å². The van der Waals surface area contributed by atoms with Crippen molar-refractivity contribution in [3.8, 4) is 6.07 Å². The first kappa shape index (κ1) is 18.5. The Morgan fingerprint density at radius 2 is 1.71 bits per heavy atom.